The lowest BCUT2D eigenvalue weighted by Gasteiger charge is -2.20. The SMILES string of the molecule is CC(Oc1c(C(=O)O)cccc1S(C)(=O)=O)C(F)(F)F. The van der Waals surface area contributed by atoms with Crippen LogP contribution in [0.2, 0.25) is 0 Å². The van der Waals surface area contributed by atoms with E-state index in [9.17, 15) is 26.4 Å². The highest BCUT2D eigenvalue weighted by Crippen LogP contribution is 2.32. The Kier molecular flexibility index (Phi) is 4.33. The molecule has 1 N–H and O–H groups in total. The number of carboxylic acids is 1. The number of ether oxygens (including phenoxy) is 1. The molecule has 1 atom stereocenters. The third-order valence-corrected chi connectivity index (χ3v) is 3.48. The zero-order valence-electron chi connectivity index (χ0n) is 10.4. The van der Waals surface area contributed by atoms with E-state index in [4.69, 9.17) is 5.11 Å². The van der Waals surface area contributed by atoms with Crippen molar-refractivity contribution >= 4 is 15.8 Å². The van der Waals surface area contributed by atoms with Crippen LogP contribution < -0.4 is 4.74 Å². The number of rotatable bonds is 4. The molecule has 0 aliphatic carbocycles. The molecule has 1 aromatic rings. The number of aromatic carboxylic acids is 1. The molecule has 1 unspecified atom stereocenters. The summed E-state index contributed by atoms with van der Waals surface area (Å²) in [7, 11) is -3.94. The van der Waals surface area contributed by atoms with Crippen molar-refractivity contribution in [3.63, 3.8) is 0 Å². The predicted molar refractivity (Wildman–Crippen MR) is 62.7 cm³/mol. The van der Waals surface area contributed by atoms with E-state index in [0.717, 1.165) is 24.5 Å². The molecule has 1 rings (SSSR count). The molecule has 0 aromatic heterocycles. The minimum absolute atomic E-state index is 0.603. The summed E-state index contributed by atoms with van der Waals surface area (Å²) in [6.07, 6.45) is -6.34. The molecule has 0 saturated carbocycles. The van der Waals surface area contributed by atoms with E-state index in [1.807, 2.05) is 0 Å². The smallest absolute Gasteiger partial charge is 0.425 e. The van der Waals surface area contributed by atoms with Crippen molar-refractivity contribution in [2.75, 3.05) is 6.26 Å². The summed E-state index contributed by atoms with van der Waals surface area (Å²) < 4.78 is 65.0. The molecule has 20 heavy (non-hydrogen) atoms. The average Bonchev–Trinajstić information content (AvgIpc) is 2.25. The van der Waals surface area contributed by atoms with Crippen LogP contribution in [0.25, 0.3) is 0 Å². The van der Waals surface area contributed by atoms with E-state index in [-0.39, 0.29) is 0 Å². The molecule has 0 amide bonds. The van der Waals surface area contributed by atoms with Crippen molar-refractivity contribution in [2.45, 2.75) is 24.1 Å². The second kappa shape index (κ2) is 5.31. The van der Waals surface area contributed by atoms with E-state index < -0.39 is 44.3 Å². The summed E-state index contributed by atoms with van der Waals surface area (Å²) in [6.45, 7) is 0.657. The molecule has 112 valence electrons. The fourth-order valence-corrected chi connectivity index (χ4v) is 2.16. The molecule has 0 aliphatic heterocycles. The largest absolute Gasteiger partial charge is 0.479 e. The monoisotopic (exact) mass is 312 g/mol. The number of hydrogen-bond donors (Lipinski definition) is 1. The number of carbonyl (C=O) groups is 1. The third kappa shape index (κ3) is 3.62. The first-order chi connectivity index (χ1) is 8.94. The second-order valence-electron chi connectivity index (χ2n) is 4.01. The van der Waals surface area contributed by atoms with E-state index >= 15 is 0 Å². The molecule has 1 aromatic carbocycles. The Morgan fingerprint density at radius 1 is 1.35 bits per heavy atom. The maximum absolute atomic E-state index is 12.5. The van der Waals surface area contributed by atoms with Crippen LogP contribution in [0.1, 0.15) is 17.3 Å². The average molecular weight is 312 g/mol. The third-order valence-electron chi connectivity index (χ3n) is 2.36. The normalized spacial score (nSPS) is 13.8. The number of halogens is 3. The van der Waals surface area contributed by atoms with Crippen LogP contribution in [0.4, 0.5) is 13.2 Å². The first-order valence-corrected chi connectivity index (χ1v) is 7.13. The number of alkyl halides is 3. The summed E-state index contributed by atoms with van der Waals surface area (Å²) in [6, 6.07) is 3.07. The van der Waals surface area contributed by atoms with E-state index in [1.54, 1.807) is 0 Å². The lowest BCUT2D eigenvalue weighted by atomic mass is 10.2. The summed E-state index contributed by atoms with van der Waals surface area (Å²) in [5.41, 5.74) is -0.649. The predicted octanol–water partition coefficient (Wildman–Crippen LogP) is 2.12. The highest BCUT2D eigenvalue weighted by molar-refractivity contribution is 7.90. The summed E-state index contributed by atoms with van der Waals surface area (Å²) in [5.74, 6) is -2.40. The van der Waals surface area contributed by atoms with Gasteiger partial charge in [-0.3, -0.25) is 0 Å². The fourth-order valence-electron chi connectivity index (χ4n) is 1.34. The van der Waals surface area contributed by atoms with Crippen molar-refractivity contribution in [3.05, 3.63) is 23.8 Å². The molecule has 9 heteroatoms. The Bertz CT molecular complexity index is 621. The highest BCUT2D eigenvalue weighted by atomic mass is 32.2. The van der Waals surface area contributed by atoms with Gasteiger partial charge in [-0.05, 0) is 19.1 Å². The number of hydrogen-bond acceptors (Lipinski definition) is 4. The Hall–Kier alpha value is -1.77. The van der Waals surface area contributed by atoms with Gasteiger partial charge in [0.15, 0.2) is 21.7 Å². The van der Waals surface area contributed by atoms with Crippen LogP contribution in [-0.4, -0.2) is 38.0 Å². The lowest BCUT2D eigenvalue weighted by Crippen LogP contribution is -2.32. The minimum atomic E-state index is -4.75. The van der Waals surface area contributed by atoms with Crippen molar-refractivity contribution in [1.29, 1.82) is 0 Å². The van der Waals surface area contributed by atoms with Gasteiger partial charge in [-0.2, -0.15) is 13.2 Å². The first-order valence-electron chi connectivity index (χ1n) is 5.24. The molecule has 0 bridgehead atoms. The topological polar surface area (TPSA) is 80.7 Å². The number of sulfone groups is 1. The summed E-state index contributed by atoms with van der Waals surface area (Å²) >= 11 is 0. The van der Waals surface area contributed by atoms with Crippen molar-refractivity contribution < 1.29 is 36.2 Å². The van der Waals surface area contributed by atoms with Gasteiger partial charge < -0.3 is 9.84 Å². The molecular formula is C11H11F3O5S. The van der Waals surface area contributed by atoms with Gasteiger partial charge in [0.25, 0.3) is 0 Å². The molecule has 0 radical (unpaired) electrons. The van der Waals surface area contributed by atoms with Gasteiger partial charge >= 0.3 is 12.1 Å². The number of carboxylic acid groups (broad SMARTS) is 1. The van der Waals surface area contributed by atoms with Gasteiger partial charge in [-0.25, -0.2) is 13.2 Å². The molecule has 0 saturated heterocycles. The molecule has 0 fully saturated rings. The van der Waals surface area contributed by atoms with Crippen molar-refractivity contribution in [1.82, 2.24) is 0 Å². The fraction of sp³-hybridized carbons (Fsp3) is 0.364. The zero-order chi connectivity index (χ0) is 15.7. The van der Waals surface area contributed by atoms with Crippen LogP contribution in [-0.2, 0) is 9.84 Å². The van der Waals surface area contributed by atoms with Gasteiger partial charge in [0.1, 0.15) is 10.5 Å². The second-order valence-corrected chi connectivity index (χ2v) is 6.00. The Balaban J connectivity index is 3.45. The van der Waals surface area contributed by atoms with Crippen LogP contribution in [0.15, 0.2) is 23.1 Å². The molecule has 5 nitrogen and oxygen atoms in total. The summed E-state index contributed by atoms with van der Waals surface area (Å²) in [5, 5.41) is 8.92. The lowest BCUT2D eigenvalue weighted by molar-refractivity contribution is -0.189. The molecule has 0 heterocycles. The standard InChI is InChI=1S/C11H11F3O5S/c1-6(11(12,13)14)19-9-7(10(15)16)4-3-5-8(9)20(2,17)18/h3-6H,1-2H3,(H,15,16). The molecular weight excluding hydrogens is 301 g/mol. The maximum atomic E-state index is 12.5. The quantitative estimate of drug-likeness (QED) is 0.921. The first kappa shape index (κ1) is 16.3. The Morgan fingerprint density at radius 2 is 1.90 bits per heavy atom. The minimum Gasteiger partial charge on any atom is -0.479 e. The van der Waals surface area contributed by atoms with E-state index in [2.05, 4.69) is 4.74 Å². The zero-order valence-corrected chi connectivity index (χ0v) is 11.2. The van der Waals surface area contributed by atoms with Crippen molar-refractivity contribution in [3.8, 4) is 5.75 Å². The maximum Gasteiger partial charge on any atom is 0.425 e. The number of para-hydroxylation sites is 1. The van der Waals surface area contributed by atoms with Crippen LogP contribution in [0, 0.1) is 0 Å². The van der Waals surface area contributed by atoms with Crippen molar-refractivity contribution in [2.24, 2.45) is 0 Å². The van der Waals surface area contributed by atoms with Gasteiger partial charge in [0.05, 0.1) is 0 Å². The van der Waals surface area contributed by atoms with E-state index in [0.29, 0.717) is 6.92 Å². The Labute approximate surface area is 112 Å². The van der Waals surface area contributed by atoms with Gasteiger partial charge in [0.2, 0.25) is 0 Å². The number of benzene rings is 1. The molecule has 0 spiro atoms. The van der Waals surface area contributed by atoms with Gasteiger partial charge in [-0.15, -0.1) is 0 Å². The molecule has 0 aliphatic rings. The van der Waals surface area contributed by atoms with E-state index in [1.165, 1.54) is 0 Å². The Morgan fingerprint density at radius 3 is 2.30 bits per heavy atom. The van der Waals surface area contributed by atoms with Gasteiger partial charge in [0, 0.05) is 6.26 Å². The highest BCUT2D eigenvalue weighted by Gasteiger charge is 2.39. The van der Waals surface area contributed by atoms with Crippen LogP contribution in [0.5, 0.6) is 5.75 Å². The summed E-state index contributed by atoms with van der Waals surface area (Å²) in [4.78, 5) is 10.4. The van der Waals surface area contributed by atoms with Crippen LogP contribution in [0.3, 0.4) is 0 Å². The van der Waals surface area contributed by atoms with Gasteiger partial charge in [-0.1, -0.05) is 6.07 Å². The van der Waals surface area contributed by atoms with Crippen LogP contribution >= 0.6 is 0 Å².